The van der Waals surface area contributed by atoms with Crippen molar-refractivity contribution in [3.63, 3.8) is 0 Å². The number of hydrogen-bond donors (Lipinski definition) is 1. The van der Waals surface area contributed by atoms with Crippen LogP contribution in [0.2, 0.25) is 0 Å². The predicted molar refractivity (Wildman–Crippen MR) is 137 cm³/mol. The number of aliphatic hydroxyl groups excluding tert-OH is 1. The zero-order valence-corrected chi connectivity index (χ0v) is 23.4. The molecule has 0 aromatic heterocycles. The number of fused-ring (bicyclic) bond motifs is 7. The van der Waals surface area contributed by atoms with Gasteiger partial charge in [-0.05, 0) is 103 Å². The van der Waals surface area contributed by atoms with E-state index in [1.165, 1.54) is 12.7 Å². The van der Waals surface area contributed by atoms with Gasteiger partial charge >= 0.3 is 5.97 Å². The smallest absolute Gasteiger partial charge is 0.312 e. The Morgan fingerprint density at radius 3 is 2.26 bits per heavy atom. The molecule has 0 aliphatic heterocycles. The number of carbonyl (C=O) groups is 2. The molecule has 5 aliphatic rings. The van der Waals surface area contributed by atoms with E-state index in [4.69, 9.17) is 4.74 Å². The van der Waals surface area contributed by atoms with E-state index in [0.29, 0.717) is 5.92 Å². The van der Waals surface area contributed by atoms with E-state index in [2.05, 4.69) is 48.5 Å². The summed E-state index contributed by atoms with van der Waals surface area (Å²) < 4.78 is 5.43. The highest BCUT2D eigenvalue weighted by Gasteiger charge is 2.71. The zero-order valence-electron chi connectivity index (χ0n) is 23.4. The highest BCUT2D eigenvalue weighted by Crippen LogP contribution is 2.75. The molecule has 5 aliphatic carbocycles. The van der Waals surface area contributed by atoms with Crippen molar-refractivity contribution in [2.75, 3.05) is 7.11 Å². The van der Waals surface area contributed by atoms with Gasteiger partial charge in [-0.15, -0.1) is 0 Å². The second kappa shape index (κ2) is 7.45. The Bertz CT molecular complexity index is 976. The van der Waals surface area contributed by atoms with Gasteiger partial charge in [-0.25, -0.2) is 0 Å². The molecule has 4 nitrogen and oxygen atoms in total. The summed E-state index contributed by atoms with van der Waals surface area (Å²) in [6, 6.07) is 0. The number of carbonyl (C=O) groups excluding carboxylic acids is 2. The van der Waals surface area contributed by atoms with Crippen LogP contribution in [0, 0.1) is 50.2 Å². The average Bonchev–Trinajstić information content (AvgIpc) is 2.77. The van der Waals surface area contributed by atoms with E-state index in [1.54, 1.807) is 0 Å². The number of ketones is 1. The first-order valence-corrected chi connectivity index (χ1v) is 14.1. The minimum absolute atomic E-state index is 0.0310. The number of ether oxygens (including phenoxy) is 1. The van der Waals surface area contributed by atoms with E-state index in [-0.39, 0.29) is 56.8 Å². The van der Waals surface area contributed by atoms with Crippen LogP contribution in [-0.4, -0.2) is 30.1 Å². The van der Waals surface area contributed by atoms with Crippen molar-refractivity contribution in [1.82, 2.24) is 0 Å². The Morgan fingerprint density at radius 1 is 0.943 bits per heavy atom. The van der Waals surface area contributed by atoms with Crippen LogP contribution >= 0.6 is 0 Å². The number of rotatable bonds is 1. The lowest BCUT2D eigenvalue weighted by Gasteiger charge is -2.70. The molecule has 0 bridgehead atoms. The van der Waals surface area contributed by atoms with Gasteiger partial charge in [-0.2, -0.15) is 0 Å². The van der Waals surface area contributed by atoms with Gasteiger partial charge in [0.15, 0.2) is 5.78 Å². The summed E-state index contributed by atoms with van der Waals surface area (Å²) in [6.07, 6.45) is 10.1. The first-order chi connectivity index (χ1) is 16.1. The molecule has 5 rings (SSSR count). The van der Waals surface area contributed by atoms with E-state index in [1.807, 2.05) is 6.08 Å². The van der Waals surface area contributed by atoms with Gasteiger partial charge in [0.2, 0.25) is 0 Å². The summed E-state index contributed by atoms with van der Waals surface area (Å²) in [4.78, 5) is 27.6. The molecule has 0 aromatic rings. The van der Waals surface area contributed by atoms with Gasteiger partial charge in [0.1, 0.15) is 0 Å². The number of esters is 1. The van der Waals surface area contributed by atoms with E-state index in [9.17, 15) is 14.7 Å². The van der Waals surface area contributed by atoms with Gasteiger partial charge in [-0.3, -0.25) is 9.59 Å². The Balaban J connectivity index is 1.65. The normalized spacial score (nSPS) is 50.1. The fraction of sp³-hybridized carbons (Fsp3) is 0.871. The SMILES string of the molecule is COC(=O)[C@]12CCC(C)(C)C[C@@H]1C1=CC(=O)[C@@H]3[C@@]4(C)CC[C@H](O)C(C)(C)[C@@H]4CC[C@@]3(C)[C@]1(C)CC2. The van der Waals surface area contributed by atoms with Crippen molar-refractivity contribution in [2.24, 2.45) is 50.2 Å². The van der Waals surface area contributed by atoms with Crippen molar-refractivity contribution in [2.45, 2.75) is 112 Å². The van der Waals surface area contributed by atoms with Gasteiger partial charge in [0.05, 0.1) is 18.6 Å². The number of allylic oxidation sites excluding steroid dienone is 2. The molecule has 0 radical (unpaired) electrons. The maximum absolute atomic E-state index is 14.3. The van der Waals surface area contributed by atoms with Crippen molar-refractivity contribution in [3.8, 4) is 0 Å². The Labute approximate surface area is 212 Å². The van der Waals surface area contributed by atoms with Crippen LogP contribution in [0.3, 0.4) is 0 Å². The zero-order chi connectivity index (χ0) is 25.8. The second-order valence-corrected chi connectivity index (χ2v) is 15.2. The third-order valence-corrected chi connectivity index (χ3v) is 12.9. The fourth-order valence-corrected chi connectivity index (χ4v) is 10.6. The molecule has 0 aromatic carbocycles. The van der Waals surface area contributed by atoms with Crippen LogP contribution in [0.25, 0.3) is 0 Å². The van der Waals surface area contributed by atoms with Crippen LogP contribution in [0.1, 0.15) is 106 Å². The molecule has 0 unspecified atom stereocenters. The van der Waals surface area contributed by atoms with Crippen molar-refractivity contribution >= 4 is 11.8 Å². The van der Waals surface area contributed by atoms with Crippen LogP contribution < -0.4 is 0 Å². The largest absolute Gasteiger partial charge is 0.469 e. The van der Waals surface area contributed by atoms with Crippen molar-refractivity contribution < 1.29 is 19.4 Å². The predicted octanol–water partition coefficient (Wildman–Crippen LogP) is 6.50. The standard InChI is InChI=1S/C31H48O4/c1-26(2)13-15-31(25(34)35-8)16-14-29(6)19(20(31)18-26)17-21(32)24-28(5)11-10-23(33)27(3,4)22(28)9-12-30(24,29)7/h17,20,22-24,33H,9-16,18H2,1-8H3/t20-,22+,23+,24-,28+,29-,30-,31+/m1/s1. The number of methoxy groups -OCH3 is 1. The molecule has 4 fully saturated rings. The summed E-state index contributed by atoms with van der Waals surface area (Å²) >= 11 is 0. The Morgan fingerprint density at radius 2 is 1.60 bits per heavy atom. The second-order valence-electron chi connectivity index (χ2n) is 15.2. The first kappa shape index (κ1) is 25.5. The van der Waals surface area contributed by atoms with Crippen LogP contribution in [-0.2, 0) is 14.3 Å². The van der Waals surface area contributed by atoms with E-state index >= 15 is 0 Å². The minimum atomic E-state index is -0.489. The van der Waals surface area contributed by atoms with E-state index < -0.39 is 5.41 Å². The van der Waals surface area contributed by atoms with Gasteiger partial charge < -0.3 is 9.84 Å². The lowest BCUT2D eigenvalue weighted by molar-refractivity contribution is -0.205. The maximum Gasteiger partial charge on any atom is 0.312 e. The van der Waals surface area contributed by atoms with Gasteiger partial charge in [-0.1, -0.05) is 54.0 Å². The summed E-state index contributed by atoms with van der Waals surface area (Å²) in [5.74, 6) is 0.597. The van der Waals surface area contributed by atoms with Crippen LogP contribution in [0.15, 0.2) is 11.6 Å². The highest BCUT2D eigenvalue weighted by molar-refractivity contribution is 5.96. The van der Waals surface area contributed by atoms with Crippen LogP contribution in [0.5, 0.6) is 0 Å². The summed E-state index contributed by atoms with van der Waals surface area (Å²) in [7, 11) is 1.53. The average molecular weight is 485 g/mol. The summed E-state index contributed by atoms with van der Waals surface area (Å²) in [6.45, 7) is 16.3. The Hall–Kier alpha value is -1.16. The molecule has 0 heterocycles. The first-order valence-electron chi connectivity index (χ1n) is 14.1. The number of hydrogen-bond acceptors (Lipinski definition) is 4. The molecule has 4 heteroatoms. The van der Waals surface area contributed by atoms with Gasteiger partial charge in [0.25, 0.3) is 0 Å². The number of aliphatic hydroxyl groups is 1. The van der Waals surface area contributed by atoms with E-state index in [0.717, 1.165) is 57.8 Å². The van der Waals surface area contributed by atoms with Crippen molar-refractivity contribution in [1.29, 1.82) is 0 Å². The summed E-state index contributed by atoms with van der Waals surface area (Å²) in [5, 5.41) is 10.9. The highest BCUT2D eigenvalue weighted by atomic mass is 16.5. The topological polar surface area (TPSA) is 63.6 Å². The molecule has 35 heavy (non-hydrogen) atoms. The molecule has 4 saturated carbocycles. The molecule has 1 N–H and O–H groups in total. The molecule has 0 amide bonds. The third-order valence-electron chi connectivity index (χ3n) is 12.9. The fourth-order valence-electron chi connectivity index (χ4n) is 10.6. The van der Waals surface area contributed by atoms with Gasteiger partial charge in [0, 0.05) is 5.92 Å². The molecular weight excluding hydrogens is 436 g/mol. The monoisotopic (exact) mass is 484 g/mol. The molecular formula is C31H48O4. The third kappa shape index (κ3) is 3.07. The molecule has 0 saturated heterocycles. The Kier molecular flexibility index (Phi) is 5.43. The summed E-state index contributed by atoms with van der Waals surface area (Å²) in [5.41, 5.74) is 0.381. The molecule has 8 atom stereocenters. The van der Waals surface area contributed by atoms with Crippen molar-refractivity contribution in [3.05, 3.63) is 11.6 Å². The molecule has 0 spiro atoms. The lowest BCUT2D eigenvalue weighted by Crippen LogP contribution is -2.67. The quantitative estimate of drug-likeness (QED) is 0.431. The van der Waals surface area contributed by atoms with Crippen LogP contribution in [0.4, 0.5) is 0 Å². The molecule has 196 valence electrons. The lowest BCUT2D eigenvalue weighted by atomic mass is 9.33. The maximum atomic E-state index is 14.3. The minimum Gasteiger partial charge on any atom is -0.469 e.